The van der Waals surface area contributed by atoms with Crippen molar-refractivity contribution in [3.63, 3.8) is 0 Å². The molecule has 2 aliphatic heterocycles. The summed E-state index contributed by atoms with van der Waals surface area (Å²) in [5, 5.41) is 0. The van der Waals surface area contributed by atoms with Gasteiger partial charge in [-0.3, -0.25) is 4.90 Å². The van der Waals surface area contributed by atoms with Gasteiger partial charge in [0.15, 0.2) is 11.5 Å². The highest BCUT2D eigenvalue weighted by Gasteiger charge is 2.44. The van der Waals surface area contributed by atoms with E-state index in [9.17, 15) is 0 Å². The smallest absolute Gasteiger partial charge is 0.161 e. The number of ether oxygens (including phenoxy) is 2. The van der Waals surface area contributed by atoms with Crippen molar-refractivity contribution < 1.29 is 9.47 Å². The van der Waals surface area contributed by atoms with Gasteiger partial charge in [-0.15, -0.1) is 0 Å². The molecule has 0 amide bonds. The molecule has 0 fully saturated rings. The first-order valence-electron chi connectivity index (χ1n) is 11.2. The van der Waals surface area contributed by atoms with Gasteiger partial charge in [-0.1, -0.05) is 91.0 Å². The van der Waals surface area contributed by atoms with Crippen molar-refractivity contribution in [1.82, 2.24) is 4.90 Å². The van der Waals surface area contributed by atoms with Crippen LogP contribution in [0.25, 0.3) is 0 Å². The molecule has 0 bridgehead atoms. The summed E-state index contributed by atoms with van der Waals surface area (Å²) in [4.78, 5) is 2.59. The molecule has 0 N–H and O–H groups in total. The normalized spacial score (nSPS) is 15.4. The Morgan fingerprint density at radius 1 is 0.531 bits per heavy atom. The van der Waals surface area contributed by atoms with Gasteiger partial charge >= 0.3 is 0 Å². The molecule has 3 nitrogen and oxygen atoms in total. The third-order valence-corrected chi connectivity index (χ3v) is 6.64. The van der Waals surface area contributed by atoms with Crippen molar-refractivity contribution in [1.29, 1.82) is 0 Å². The summed E-state index contributed by atoms with van der Waals surface area (Å²) in [6.07, 6.45) is 0. The van der Waals surface area contributed by atoms with E-state index < -0.39 is 5.54 Å². The second-order valence-corrected chi connectivity index (χ2v) is 8.43. The molecule has 0 saturated heterocycles. The Labute approximate surface area is 188 Å². The molecule has 0 saturated carbocycles. The van der Waals surface area contributed by atoms with Crippen molar-refractivity contribution in [2.45, 2.75) is 18.6 Å². The van der Waals surface area contributed by atoms with E-state index in [0.717, 1.165) is 24.6 Å². The van der Waals surface area contributed by atoms with Crippen LogP contribution in [0.1, 0.15) is 27.8 Å². The first-order chi connectivity index (χ1) is 15.9. The minimum atomic E-state index is -0.412. The van der Waals surface area contributed by atoms with Gasteiger partial charge in [-0.05, 0) is 39.9 Å². The maximum Gasteiger partial charge on any atom is 0.161 e. The van der Waals surface area contributed by atoms with Gasteiger partial charge in [0.2, 0.25) is 0 Å². The van der Waals surface area contributed by atoms with Gasteiger partial charge in [0.1, 0.15) is 13.2 Å². The van der Waals surface area contributed by atoms with Crippen LogP contribution >= 0.6 is 0 Å². The molecule has 0 atom stereocenters. The monoisotopic (exact) mass is 419 g/mol. The van der Waals surface area contributed by atoms with Crippen molar-refractivity contribution in [2.75, 3.05) is 13.2 Å². The Morgan fingerprint density at radius 3 is 1.28 bits per heavy atom. The van der Waals surface area contributed by atoms with Crippen LogP contribution in [0.4, 0.5) is 0 Å². The van der Waals surface area contributed by atoms with E-state index in [1.54, 1.807) is 0 Å². The Balaban J connectivity index is 1.56. The molecule has 0 unspecified atom stereocenters. The van der Waals surface area contributed by atoms with Crippen LogP contribution in [-0.2, 0) is 18.6 Å². The third-order valence-electron chi connectivity index (χ3n) is 6.64. The lowest BCUT2D eigenvalue weighted by Crippen LogP contribution is -2.45. The highest BCUT2D eigenvalue weighted by molar-refractivity contribution is 5.54. The molecule has 4 aromatic rings. The van der Waals surface area contributed by atoms with E-state index in [4.69, 9.17) is 9.47 Å². The average Bonchev–Trinajstić information content (AvgIpc) is 3.28. The van der Waals surface area contributed by atoms with E-state index in [0.29, 0.717) is 13.2 Å². The van der Waals surface area contributed by atoms with Crippen molar-refractivity contribution >= 4 is 0 Å². The van der Waals surface area contributed by atoms with Crippen molar-refractivity contribution in [2.24, 2.45) is 0 Å². The Morgan fingerprint density at radius 2 is 0.906 bits per heavy atom. The van der Waals surface area contributed by atoms with Gasteiger partial charge in [0.05, 0.1) is 5.54 Å². The molecule has 0 aromatic heterocycles. The number of benzene rings is 4. The molecule has 6 rings (SSSR count). The van der Waals surface area contributed by atoms with Crippen LogP contribution in [0, 0.1) is 0 Å². The number of rotatable bonds is 4. The lowest BCUT2D eigenvalue weighted by molar-refractivity contribution is 0.157. The molecule has 4 aromatic carbocycles. The van der Waals surface area contributed by atoms with Crippen molar-refractivity contribution in [3.8, 4) is 11.5 Å². The van der Waals surface area contributed by atoms with Crippen LogP contribution in [0.5, 0.6) is 11.5 Å². The zero-order valence-corrected chi connectivity index (χ0v) is 17.9. The molecule has 2 heterocycles. The number of hydrogen-bond acceptors (Lipinski definition) is 3. The average molecular weight is 420 g/mol. The molecule has 0 aliphatic carbocycles. The summed E-state index contributed by atoms with van der Waals surface area (Å²) in [6.45, 7) is 2.89. The van der Waals surface area contributed by atoms with Gasteiger partial charge in [0.25, 0.3) is 0 Å². The van der Waals surface area contributed by atoms with Crippen LogP contribution in [0.3, 0.4) is 0 Å². The standard InChI is InChI=1S/C29H25NO2/c1-4-10-24(11-5-1)29(25-12-6-2-7-13-25,26-14-8-3-9-15-26)30-20-22-18-27-28(19-23(22)21-30)32-17-16-31-27/h1-15,18-19H,16-17,20-21H2. The van der Waals surface area contributed by atoms with E-state index >= 15 is 0 Å². The summed E-state index contributed by atoms with van der Waals surface area (Å²) < 4.78 is 11.8. The van der Waals surface area contributed by atoms with E-state index in [2.05, 4.69) is 108 Å². The van der Waals surface area contributed by atoms with Gasteiger partial charge in [0, 0.05) is 13.1 Å². The zero-order valence-electron chi connectivity index (χ0n) is 17.9. The summed E-state index contributed by atoms with van der Waals surface area (Å²) in [6, 6.07) is 37.0. The largest absolute Gasteiger partial charge is 0.486 e. The lowest BCUT2D eigenvalue weighted by Gasteiger charge is -2.43. The van der Waals surface area contributed by atoms with Crippen molar-refractivity contribution in [3.05, 3.63) is 131 Å². The molecule has 3 heteroatoms. The maximum absolute atomic E-state index is 5.88. The highest BCUT2D eigenvalue weighted by Crippen LogP contribution is 2.47. The van der Waals surface area contributed by atoms with Crippen LogP contribution in [-0.4, -0.2) is 18.1 Å². The second-order valence-electron chi connectivity index (χ2n) is 8.43. The number of nitrogens with zero attached hydrogens (tertiary/aromatic N) is 1. The fourth-order valence-electron chi connectivity index (χ4n) is 5.26. The second kappa shape index (κ2) is 7.85. The molecule has 158 valence electrons. The summed E-state index contributed by atoms with van der Waals surface area (Å²) in [5.41, 5.74) is 6.00. The van der Waals surface area contributed by atoms with Gasteiger partial charge in [-0.2, -0.15) is 0 Å². The summed E-state index contributed by atoms with van der Waals surface area (Å²) >= 11 is 0. The molecule has 0 radical (unpaired) electrons. The minimum Gasteiger partial charge on any atom is -0.486 e. The SMILES string of the molecule is c1ccc(C(c2ccccc2)(c2ccccc2)N2Cc3cc4c(cc3C2)OCCO4)cc1. The molecule has 2 aliphatic rings. The van der Waals surface area contributed by atoms with Crippen LogP contribution in [0.15, 0.2) is 103 Å². The molecular weight excluding hydrogens is 394 g/mol. The zero-order chi connectivity index (χ0) is 21.4. The third kappa shape index (κ3) is 3.01. The number of hydrogen-bond donors (Lipinski definition) is 0. The fourth-order valence-corrected chi connectivity index (χ4v) is 5.26. The van der Waals surface area contributed by atoms with E-state index in [-0.39, 0.29) is 0 Å². The molecule has 32 heavy (non-hydrogen) atoms. The summed E-state index contributed by atoms with van der Waals surface area (Å²) in [5.74, 6) is 1.73. The van der Waals surface area contributed by atoms with Crippen LogP contribution < -0.4 is 9.47 Å². The number of fused-ring (bicyclic) bond motifs is 2. The molecular formula is C29H25NO2. The topological polar surface area (TPSA) is 21.7 Å². The Kier molecular flexibility index (Phi) is 4.70. The predicted molar refractivity (Wildman–Crippen MR) is 126 cm³/mol. The van der Waals surface area contributed by atoms with Crippen LogP contribution in [0.2, 0.25) is 0 Å². The first kappa shape index (κ1) is 19.1. The minimum absolute atomic E-state index is 0.412. The highest BCUT2D eigenvalue weighted by atomic mass is 16.6. The molecule has 0 spiro atoms. The van der Waals surface area contributed by atoms with E-state index in [1.165, 1.54) is 27.8 Å². The Hall–Kier alpha value is -3.56. The van der Waals surface area contributed by atoms with Gasteiger partial charge < -0.3 is 9.47 Å². The van der Waals surface area contributed by atoms with E-state index in [1.807, 2.05) is 0 Å². The first-order valence-corrected chi connectivity index (χ1v) is 11.2. The van der Waals surface area contributed by atoms with Gasteiger partial charge in [-0.25, -0.2) is 0 Å². The maximum atomic E-state index is 5.88. The quantitative estimate of drug-likeness (QED) is 0.392. The lowest BCUT2D eigenvalue weighted by atomic mass is 9.75. The Bertz CT molecular complexity index is 1090. The fraction of sp³-hybridized carbons (Fsp3) is 0.172. The summed E-state index contributed by atoms with van der Waals surface area (Å²) in [7, 11) is 0. The predicted octanol–water partition coefficient (Wildman–Crippen LogP) is 5.77.